The minimum atomic E-state index is -0.0658. The fourth-order valence-corrected chi connectivity index (χ4v) is 2.33. The van der Waals surface area contributed by atoms with E-state index in [1.54, 1.807) is 14.2 Å². The zero-order valence-corrected chi connectivity index (χ0v) is 14.3. The lowest BCUT2D eigenvalue weighted by Gasteiger charge is -2.12. The normalized spacial score (nSPS) is 10.1. The predicted octanol–water partition coefficient (Wildman–Crippen LogP) is 3.67. The number of ether oxygens (including phenoxy) is 3. The molecule has 0 heterocycles. The molecule has 0 radical (unpaired) electrons. The molecule has 128 valence electrons. The summed E-state index contributed by atoms with van der Waals surface area (Å²) in [7, 11) is 3.21. The number of benzene rings is 2. The first-order chi connectivity index (χ1) is 11.7. The zero-order chi connectivity index (χ0) is 17.4. The monoisotopic (exact) mass is 329 g/mol. The molecule has 24 heavy (non-hydrogen) atoms. The maximum atomic E-state index is 12.2. The molecule has 1 amide bonds. The highest BCUT2D eigenvalue weighted by atomic mass is 16.5. The van der Waals surface area contributed by atoms with Crippen LogP contribution in [0.4, 0.5) is 5.69 Å². The van der Waals surface area contributed by atoms with Crippen LogP contribution in [0, 0.1) is 0 Å². The highest BCUT2D eigenvalue weighted by Crippen LogP contribution is 2.25. The Labute approximate surface area is 142 Å². The maximum absolute atomic E-state index is 12.2. The van der Waals surface area contributed by atoms with Gasteiger partial charge in [-0.05, 0) is 43.2 Å². The van der Waals surface area contributed by atoms with Gasteiger partial charge >= 0.3 is 0 Å². The van der Waals surface area contributed by atoms with Crippen molar-refractivity contribution in [3.63, 3.8) is 0 Å². The van der Waals surface area contributed by atoms with Gasteiger partial charge in [0.15, 0.2) is 0 Å². The van der Waals surface area contributed by atoms with E-state index in [1.807, 2.05) is 49.4 Å². The molecule has 0 saturated heterocycles. The number of methoxy groups -OCH3 is 2. The Morgan fingerprint density at radius 1 is 1.04 bits per heavy atom. The Bertz CT molecular complexity index is 663. The van der Waals surface area contributed by atoms with E-state index in [-0.39, 0.29) is 5.91 Å². The Balaban J connectivity index is 1.99. The lowest BCUT2D eigenvalue weighted by atomic mass is 10.1. The molecule has 0 atom stereocenters. The molecular formula is C19H23NO4. The van der Waals surface area contributed by atoms with Gasteiger partial charge in [-0.1, -0.05) is 12.1 Å². The van der Waals surface area contributed by atoms with E-state index in [2.05, 4.69) is 5.32 Å². The first-order valence-corrected chi connectivity index (χ1v) is 7.90. The fourth-order valence-electron chi connectivity index (χ4n) is 2.33. The van der Waals surface area contributed by atoms with Gasteiger partial charge in [-0.15, -0.1) is 0 Å². The zero-order valence-electron chi connectivity index (χ0n) is 14.3. The van der Waals surface area contributed by atoms with Crippen LogP contribution in [0.3, 0.4) is 0 Å². The van der Waals surface area contributed by atoms with Crippen LogP contribution in [-0.2, 0) is 11.2 Å². The Morgan fingerprint density at radius 3 is 2.33 bits per heavy atom. The van der Waals surface area contributed by atoms with E-state index in [0.29, 0.717) is 42.4 Å². The molecule has 0 aliphatic rings. The van der Waals surface area contributed by atoms with Gasteiger partial charge in [-0.25, -0.2) is 0 Å². The molecule has 0 bridgehead atoms. The van der Waals surface area contributed by atoms with Crippen molar-refractivity contribution in [2.45, 2.75) is 19.8 Å². The van der Waals surface area contributed by atoms with Crippen LogP contribution in [0.15, 0.2) is 42.5 Å². The SMILES string of the molecule is CCOc1ccccc1NC(=O)CCc1cc(OC)cc(OC)c1. The first kappa shape index (κ1) is 17.7. The summed E-state index contributed by atoms with van der Waals surface area (Å²) in [5.74, 6) is 2.04. The predicted molar refractivity (Wildman–Crippen MR) is 94.1 cm³/mol. The highest BCUT2D eigenvalue weighted by Gasteiger charge is 2.09. The van der Waals surface area contributed by atoms with E-state index in [1.165, 1.54) is 0 Å². The van der Waals surface area contributed by atoms with E-state index in [0.717, 1.165) is 5.56 Å². The van der Waals surface area contributed by atoms with Gasteiger partial charge in [-0.2, -0.15) is 0 Å². The van der Waals surface area contributed by atoms with Gasteiger partial charge in [0, 0.05) is 12.5 Å². The summed E-state index contributed by atoms with van der Waals surface area (Å²) in [6.45, 7) is 2.46. The number of amides is 1. The minimum absolute atomic E-state index is 0.0658. The van der Waals surface area contributed by atoms with Crippen molar-refractivity contribution < 1.29 is 19.0 Å². The number of anilines is 1. The summed E-state index contributed by atoms with van der Waals surface area (Å²) in [5.41, 5.74) is 1.67. The third-order valence-corrected chi connectivity index (χ3v) is 3.51. The topological polar surface area (TPSA) is 56.8 Å². The number of nitrogens with one attached hydrogen (secondary N) is 1. The Hall–Kier alpha value is -2.69. The molecule has 0 saturated carbocycles. The summed E-state index contributed by atoms with van der Waals surface area (Å²) < 4.78 is 16.0. The summed E-state index contributed by atoms with van der Waals surface area (Å²) in [5, 5.41) is 2.90. The second-order valence-electron chi connectivity index (χ2n) is 5.20. The molecule has 2 aromatic rings. The quantitative estimate of drug-likeness (QED) is 0.803. The van der Waals surface area contributed by atoms with Gasteiger partial charge in [0.1, 0.15) is 17.2 Å². The van der Waals surface area contributed by atoms with E-state index >= 15 is 0 Å². The summed E-state index contributed by atoms with van der Waals surface area (Å²) in [6.07, 6.45) is 0.951. The Morgan fingerprint density at radius 2 is 1.71 bits per heavy atom. The van der Waals surface area contributed by atoms with Gasteiger partial charge < -0.3 is 19.5 Å². The van der Waals surface area contributed by atoms with Gasteiger partial charge in [0.2, 0.25) is 5.91 Å². The largest absolute Gasteiger partial charge is 0.497 e. The minimum Gasteiger partial charge on any atom is -0.497 e. The molecule has 0 aliphatic heterocycles. The molecule has 2 rings (SSSR count). The van der Waals surface area contributed by atoms with Crippen LogP contribution in [0.25, 0.3) is 0 Å². The molecule has 5 heteroatoms. The smallest absolute Gasteiger partial charge is 0.224 e. The number of rotatable bonds is 8. The van der Waals surface area contributed by atoms with Crippen LogP contribution >= 0.6 is 0 Å². The van der Waals surface area contributed by atoms with Crippen LogP contribution < -0.4 is 19.5 Å². The van der Waals surface area contributed by atoms with Gasteiger partial charge in [0.05, 0.1) is 26.5 Å². The first-order valence-electron chi connectivity index (χ1n) is 7.90. The molecule has 0 unspecified atom stereocenters. The third-order valence-electron chi connectivity index (χ3n) is 3.51. The summed E-state index contributed by atoms with van der Waals surface area (Å²) in [6, 6.07) is 13.0. The number of hydrogen-bond acceptors (Lipinski definition) is 4. The van der Waals surface area contributed by atoms with Crippen molar-refractivity contribution in [3.05, 3.63) is 48.0 Å². The second kappa shape index (κ2) is 8.82. The van der Waals surface area contributed by atoms with Gasteiger partial charge in [0.25, 0.3) is 0 Å². The molecule has 2 aromatic carbocycles. The number of aryl methyl sites for hydroxylation is 1. The summed E-state index contributed by atoms with van der Waals surface area (Å²) in [4.78, 5) is 12.2. The molecule has 0 aliphatic carbocycles. The number of hydrogen-bond donors (Lipinski definition) is 1. The lowest BCUT2D eigenvalue weighted by molar-refractivity contribution is -0.116. The molecule has 1 N–H and O–H groups in total. The number of carbonyl (C=O) groups is 1. The molecular weight excluding hydrogens is 306 g/mol. The van der Waals surface area contributed by atoms with Crippen LogP contribution in [0.5, 0.6) is 17.2 Å². The van der Waals surface area contributed by atoms with Crippen molar-refractivity contribution in [2.24, 2.45) is 0 Å². The summed E-state index contributed by atoms with van der Waals surface area (Å²) >= 11 is 0. The average Bonchev–Trinajstić information content (AvgIpc) is 2.61. The van der Waals surface area contributed by atoms with E-state index in [4.69, 9.17) is 14.2 Å². The van der Waals surface area contributed by atoms with E-state index in [9.17, 15) is 4.79 Å². The number of carbonyl (C=O) groups excluding carboxylic acids is 1. The van der Waals surface area contributed by atoms with Crippen LogP contribution in [0.2, 0.25) is 0 Å². The Kier molecular flexibility index (Phi) is 6.49. The molecule has 0 spiro atoms. The van der Waals surface area contributed by atoms with Gasteiger partial charge in [-0.3, -0.25) is 4.79 Å². The number of para-hydroxylation sites is 2. The standard InChI is InChI=1S/C19H23NO4/c1-4-24-18-8-6-5-7-17(18)20-19(21)10-9-14-11-15(22-2)13-16(12-14)23-3/h5-8,11-13H,4,9-10H2,1-3H3,(H,20,21). The van der Waals surface area contributed by atoms with E-state index < -0.39 is 0 Å². The third kappa shape index (κ3) is 4.91. The van der Waals surface area contributed by atoms with Crippen molar-refractivity contribution in [2.75, 3.05) is 26.1 Å². The van der Waals surface area contributed by atoms with Crippen LogP contribution in [-0.4, -0.2) is 26.7 Å². The van der Waals surface area contributed by atoms with Crippen molar-refractivity contribution in [3.8, 4) is 17.2 Å². The van der Waals surface area contributed by atoms with Crippen molar-refractivity contribution in [1.82, 2.24) is 0 Å². The van der Waals surface area contributed by atoms with Crippen LogP contribution in [0.1, 0.15) is 18.9 Å². The average molecular weight is 329 g/mol. The molecule has 0 fully saturated rings. The van der Waals surface area contributed by atoms with Crippen molar-refractivity contribution >= 4 is 11.6 Å². The highest BCUT2D eigenvalue weighted by molar-refractivity contribution is 5.92. The molecule has 5 nitrogen and oxygen atoms in total. The second-order valence-corrected chi connectivity index (χ2v) is 5.20. The fraction of sp³-hybridized carbons (Fsp3) is 0.316. The molecule has 0 aromatic heterocycles. The lowest BCUT2D eigenvalue weighted by Crippen LogP contribution is -2.13. The van der Waals surface area contributed by atoms with Crippen molar-refractivity contribution in [1.29, 1.82) is 0 Å². The maximum Gasteiger partial charge on any atom is 0.224 e.